The molecular weight excluding hydrogens is 512 g/mol. The average molecular weight is 531 g/mol. The predicted molar refractivity (Wildman–Crippen MR) is 131 cm³/mol. The van der Waals surface area contributed by atoms with Gasteiger partial charge in [0.15, 0.2) is 5.69 Å². The molecule has 0 saturated heterocycles. The van der Waals surface area contributed by atoms with Crippen molar-refractivity contribution in [3.63, 3.8) is 0 Å². The summed E-state index contributed by atoms with van der Waals surface area (Å²) in [6.45, 7) is 1.76. The molecule has 168 valence electrons. The van der Waals surface area contributed by atoms with Gasteiger partial charge in [-0.1, -0.05) is 65.7 Å². The third kappa shape index (κ3) is 4.70. The summed E-state index contributed by atoms with van der Waals surface area (Å²) in [5.74, 6) is -0.959. The summed E-state index contributed by atoms with van der Waals surface area (Å²) in [6.07, 6.45) is 4.70. The van der Waals surface area contributed by atoms with Gasteiger partial charge in [-0.05, 0) is 44.0 Å². The molecule has 1 aromatic carbocycles. The second-order valence-corrected chi connectivity index (χ2v) is 10.6. The van der Waals surface area contributed by atoms with Crippen molar-refractivity contribution < 1.29 is 9.59 Å². The fourth-order valence-corrected chi connectivity index (χ4v) is 6.07. The Labute approximate surface area is 209 Å². The Morgan fingerprint density at radius 1 is 1.06 bits per heavy atom. The second kappa shape index (κ2) is 9.74. The number of nitrogens with one attached hydrogen (secondary N) is 1. The van der Waals surface area contributed by atoms with Gasteiger partial charge in [0.2, 0.25) is 5.91 Å². The van der Waals surface area contributed by atoms with E-state index in [1.54, 1.807) is 35.9 Å². The Morgan fingerprint density at radius 3 is 2.41 bits per heavy atom. The molecule has 0 radical (unpaired) electrons. The molecule has 0 unspecified atom stereocenters. The standard InChI is InChI=1S/C22H19Cl4N3O2S/c1-11-18(22(31)27-21(30)12-5-3-2-4-6-12)28-29(16-8-7-13(23)9-14(16)24)19(11)20-15(25)10-17(26)32-20/h7-10,12H,2-6H2,1H3,(H,27,30,31). The average Bonchev–Trinajstić information content (AvgIpc) is 3.26. The smallest absolute Gasteiger partial charge is 0.278 e. The molecule has 32 heavy (non-hydrogen) atoms. The van der Waals surface area contributed by atoms with Gasteiger partial charge in [-0.25, -0.2) is 4.68 Å². The number of thiophene rings is 1. The van der Waals surface area contributed by atoms with E-state index in [4.69, 9.17) is 46.4 Å². The van der Waals surface area contributed by atoms with Crippen molar-refractivity contribution >= 4 is 69.6 Å². The van der Waals surface area contributed by atoms with Gasteiger partial charge in [0.25, 0.3) is 5.91 Å². The van der Waals surface area contributed by atoms with Crippen molar-refractivity contribution in [3.8, 4) is 16.3 Å². The molecule has 4 rings (SSSR count). The molecule has 0 aliphatic heterocycles. The van der Waals surface area contributed by atoms with E-state index < -0.39 is 5.91 Å². The van der Waals surface area contributed by atoms with Crippen LogP contribution in [0.3, 0.4) is 0 Å². The number of carbonyl (C=O) groups excluding carboxylic acids is 2. The SMILES string of the molecule is Cc1c(C(=O)NC(=O)C2CCCCC2)nn(-c2ccc(Cl)cc2Cl)c1-c1sc(Cl)cc1Cl. The van der Waals surface area contributed by atoms with Crippen molar-refractivity contribution in [2.24, 2.45) is 5.92 Å². The van der Waals surface area contributed by atoms with Crippen LogP contribution in [0.25, 0.3) is 16.3 Å². The Morgan fingerprint density at radius 2 is 1.78 bits per heavy atom. The van der Waals surface area contributed by atoms with Crippen LogP contribution in [0.2, 0.25) is 19.4 Å². The Hall–Kier alpha value is -1.57. The predicted octanol–water partition coefficient (Wildman–Crippen LogP) is 7.36. The fraction of sp³-hybridized carbons (Fsp3) is 0.318. The minimum atomic E-state index is -0.554. The Bertz CT molecular complexity index is 1200. The molecule has 1 N–H and O–H groups in total. The van der Waals surface area contributed by atoms with E-state index in [0.29, 0.717) is 41.2 Å². The van der Waals surface area contributed by atoms with Crippen molar-refractivity contribution in [2.75, 3.05) is 0 Å². The molecule has 1 aliphatic carbocycles. The molecule has 5 nitrogen and oxygen atoms in total. The van der Waals surface area contributed by atoms with Gasteiger partial charge in [-0.2, -0.15) is 5.10 Å². The highest BCUT2D eigenvalue weighted by Crippen LogP contribution is 2.42. The monoisotopic (exact) mass is 529 g/mol. The van der Waals surface area contributed by atoms with Crippen LogP contribution in [-0.2, 0) is 4.79 Å². The second-order valence-electron chi connectivity index (χ2n) is 7.71. The van der Waals surface area contributed by atoms with E-state index >= 15 is 0 Å². The van der Waals surface area contributed by atoms with Gasteiger partial charge in [0.1, 0.15) is 0 Å². The third-order valence-corrected chi connectivity index (χ3v) is 7.78. The van der Waals surface area contributed by atoms with E-state index in [1.807, 2.05) is 0 Å². The molecule has 3 aromatic rings. The molecule has 0 bridgehead atoms. The number of benzene rings is 1. The Balaban J connectivity index is 1.78. The van der Waals surface area contributed by atoms with Crippen LogP contribution in [0.1, 0.15) is 48.2 Å². The number of rotatable bonds is 4. The van der Waals surface area contributed by atoms with Gasteiger partial charge in [-0.3, -0.25) is 14.9 Å². The Kier molecular flexibility index (Phi) is 7.18. The first-order valence-corrected chi connectivity index (χ1v) is 12.4. The van der Waals surface area contributed by atoms with E-state index in [2.05, 4.69) is 10.4 Å². The lowest BCUT2D eigenvalue weighted by atomic mass is 9.88. The fourth-order valence-electron chi connectivity index (χ4n) is 3.95. The van der Waals surface area contributed by atoms with Crippen molar-refractivity contribution in [1.29, 1.82) is 0 Å². The summed E-state index contributed by atoms with van der Waals surface area (Å²) in [5.41, 5.74) is 1.78. The summed E-state index contributed by atoms with van der Waals surface area (Å²) in [7, 11) is 0. The first-order valence-electron chi connectivity index (χ1n) is 10.1. The number of aromatic nitrogens is 2. The molecular formula is C22H19Cl4N3O2S. The first-order chi connectivity index (χ1) is 15.3. The number of nitrogens with zero attached hydrogens (tertiary/aromatic N) is 2. The molecule has 1 fully saturated rings. The third-order valence-electron chi connectivity index (χ3n) is 5.56. The molecule has 0 spiro atoms. The lowest BCUT2D eigenvalue weighted by Gasteiger charge is -2.19. The highest BCUT2D eigenvalue weighted by atomic mass is 35.5. The zero-order chi connectivity index (χ0) is 23.0. The van der Waals surface area contributed by atoms with Crippen LogP contribution in [0.4, 0.5) is 0 Å². The molecule has 2 heterocycles. The van der Waals surface area contributed by atoms with Gasteiger partial charge in [-0.15, -0.1) is 11.3 Å². The van der Waals surface area contributed by atoms with Gasteiger partial charge >= 0.3 is 0 Å². The van der Waals surface area contributed by atoms with E-state index in [-0.39, 0.29) is 17.5 Å². The van der Waals surface area contributed by atoms with Crippen molar-refractivity contribution in [1.82, 2.24) is 15.1 Å². The summed E-state index contributed by atoms with van der Waals surface area (Å²) in [6, 6.07) is 6.61. The quantitative estimate of drug-likeness (QED) is 0.358. The zero-order valence-corrected chi connectivity index (χ0v) is 20.9. The number of carbonyl (C=O) groups is 2. The number of imide groups is 1. The van der Waals surface area contributed by atoms with Crippen molar-refractivity contribution in [3.05, 3.63) is 54.9 Å². The molecule has 2 amide bonds. The minimum absolute atomic E-state index is 0.121. The maximum atomic E-state index is 13.1. The van der Waals surface area contributed by atoms with E-state index in [9.17, 15) is 9.59 Å². The summed E-state index contributed by atoms with van der Waals surface area (Å²) in [5, 5.41) is 8.31. The lowest BCUT2D eigenvalue weighted by molar-refractivity contribution is -0.124. The largest absolute Gasteiger partial charge is 0.291 e. The first kappa shape index (κ1) is 23.6. The van der Waals surface area contributed by atoms with Crippen LogP contribution < -0.4 is 5.32 Å². The van der Waals surface area contributed by atoms with Crippen molar-refractivity contribution in [2.45, 2.75) is 39.0 Å². The number of hydrogen-bond donors (Lipinski definition) is 1. The summed E-state index contributed by atoms with van der Waals surface area (Å²) < 4.78 is 2.04. The number of amides is 2. The molecule has 0 atom stereocenters. The molecule has 2 aromatic heterocycles. The summed E-state index contributed by atoms with van der Waals surface area (Å²) in [4.78, 5) is 26.3. The van der Waals surface area contributed by atoms with Crippen LogP contribution in [0.5, 0.6) is 0 Å². The summed E-state index contributed by atoms with van der Waals surface area (Å²) >= 11 is 26.4. The highest BCUT2D eigenvalue weighted by Gasteiger charge is 2.28. The topological polar surface area (TPSA) is 64.0 Å². The zero-order valence-electron chi connectivity index (χ0n) is 17.1. The number of halogens is 4. The normalized spacial score (nSPS) is 14.5. The maximum absolute atomic E-state index is 13.1. The van der Waals surface area contributed by atoms with Crippen LogP contribution in [0.15, 0.2) is 24.3 Å². The molecule has 1 saturated carbocycles. The van der Waals surface area contributed by atoms with E-state index in [0.717, 1.165) is 32.1 Å². The van der Waals surface area contributed by atoms with Crippen LogP contribution in [0, 0.1) is 12.8 Å². The minimum Gasteiger partial charge on any atom is -0.291 e. The number of hydrogen-bond acceptors (Lipinski definition) is 4. The van der Waals surface area contributed by atoms with Gasteiger partial charge < -0.3 is 0 Å². The maximum Gasteiger partial charge on any atom is 0.278 e. The molecule has 1 aliphatic rings. The molecule has 10 heteroatoms. The van der Waals surface area contributed by atoms with Crippen LogP contribution >= 0.6 is 57.7 Å². The van der Waals surface area contributed by atoms with Gasteiger partial charge in [0.05, 0.1) is 30.6 Å². The van der Waals surface area contributed by atoms with Gasteiger partial charge in [0, 0.05) is 16.5 Å². The van der Waals surface area contributed by atoms with Crippen LogP contribution in [-0.4, -0.2) is 21.6 Å². The highest BCUT2D eigenvalue weighted by molar-refractivity contribution is 7.20. The lowest BCUT2D eigenvalue weighted by Crippen LogP contribution is -2.37. The van der Waals surface area contributed by atoms with E-state index in [1.165, 1.54) is 11.3 Å².